The standard InChI is InChI=1S/C14H15BrO2S/c1-9-5-6-18-14(9)12(16)8-10-7-11(15)3-4-13(10)17-2/h3-7,12,16H,8H2,1-2H3. The van der Waals surface area contributed by atoms with Gasteiger partial charge in [-0.3, -0.25) is 0 Å². The molecule has 0 saturated heterocycles. The largest absolute Gasteiger partial charge is 0.496 e. The Balaban J connectivity index is 2.23. The van der Waals surface area contributed by atoms with Crippen molar-refractivity contribution in [1.29, 1.82) is 0 Å². The first kappa shape index (κ1) is 13.6. The maximum absolute atomic E-state index is 10.3. The molecule has 0 spiro atoms. The minimum atomic E-state index is -0.479. The summed E-state index contributed by atoms with van der Waals surface area (Å²) in [5.74, 6) is 0.812. The number of aryl methyl sites for hydroxylation is 1. The van der Waals surface area contributed by atoms with Gasteiger partial charge >= 0.3 is 0 Å². The zero-order valence-corrected chi connectivity index (χ0v) is 12.7. The van der Waals surface area contributed by atoms with Gasteiger partial charge in [-0.05, 0) is 47.7 Å². The molecule has 18 heavy (non-hydrogen) atoms. The van der Waals surface area contributed by atoms with Crippen LogP contribution in [0.4, 0.5) is 0 Å². The van der Waals surface area contributed by atoms with Crippen LogP contribution >= 0.6 is 27.3 Å². The van der Waals surface area contributed by atoms with Crippen LogP contribution in [0.25, 0.3) is 0 Å². The number of halogens is 1. The molecule has 0 aliphatic heterocycles. The van der Waals surface area contributed by atoms with E-state index in [9.17, 15) is 5.11 Å². The lowest BCUT2D eigenvalue weighted by atomic mass is 10.0. The lowest BCUT2D eigenvalue weighted by molar-refractivity contribution is 0.180. The first-order valence-corrected chi connectivity index (χ1v) is 7.33. The second kappa shape index (κ2) is 5.87. The van der Waals surface area contributed by atoms with Crippen LogP contribution in [0.2, 0.25) is 0 Å². The van der Waals surface area contributed by atoms with Crippen LogP contribution in [0.3, 0.4) is 0 Å². The number of hydrogen-bond acceptors (Lipinski definition) is 3. The van der Waals surface area contributed by atoms with Crippen molar-refractivity contribution in [3.8, 4) is 5.75 Å². The fourth-order valence-corrected chi connectivity index (χ4v) is 3.26. The van der Waals surface area contributed by atoms with Gasteiger partial charge in [0.2, 0.25) is 0 Å². The minimum absolute atomic E-state index is 0.479. The highest BCUT2D eigenvalue weighted by Crippen LogP contribution is 2.31. The molecule has 0 saturated carbocycles. The predicted octanol–water partition coefficient (Wildman–Crippen LogP) is 4.10. The van der Waals surface area contributed by atoms with Crippen LogP contribution in [0.15, 0.2) is 34.1 Å². The topological polar surface area (TPSA) is 29.5 Å². The maximum atomic E-state index is 10.3. The molecule has 1 atom stereocenters. The molecule has 2 rings (SSSR count). The Hall–Kier alpha value is -0.840. The zero-order valence-electron chi connectivity index (χ0n) is 10.3. The molecule has 0 bridgehead atoms. The molecule has 1 N–H and O–H groups in total. The van der Waals surface area contributed by atoms with Gasteiger partial charge in [-0.25, -0.2) is 0 Å². The average Bonchev–Trinajstić information content (AvgIpc) is 2.76. The van der Waals surface area contributed by atoms with Crippen molar-refractivity contribution >= 4 is 27.3 Å². The third-order valence-corrected chi connectivity index (χ3v) is 4.47. The van der Waals surface area contributed by atoms with Gasteiger partial charge in [0.1, 0.15) is 5.75 Å². The van der Waals surface area contributed by atoms with Crippen LogP contribution in [-0.2, 0) is 6.42 Å². The van der Waals surface area contributed by atoms with E-state index in [-0.39, 0.29) is 0 Å². The van der Waals surface area contributed by atoms with Gasteiger partial charge < -0.3 is 9.84 Å². The molecule has 0 amide bonds. The Morgan fingerprint density at radius 2 is 2.17 bits per heavy atom. The summed E-state index contributed by atoms with van der Waals surface area (Å²) in [5.41, 5.74) is 2.15. The molecule has 0 aliphatic rings. The Kier molecular flexibility index (Phi) is 4.43. The first-order chi connectivity index (χ1) is 8.61. The first-order valence-electron chi connectivity index (χ1n) is 5.66. The van der Waals surface area contributed by atoms with E-state index in [0.717, 1.165) is 26.2 Å². The van der Waals surface area contributed by atoms with Crippen molar-refractivity contribution in [1.82, 2.24) is 0 Å². The number of aliphatic hydroxyl groups excluding tert-OH is 1. The van der Waals surface area contributed by atoms with E-state index in [2.05, 4.69) is 15.9 Å². The van der Waals surface area contributed by atoms with Crippen LogP contribution in [0.1, 0.15) is 22.1 Å². The number of benzene rings is 1. The number of hydrogen-bond donors (Lipinski definition) is 1. The molecule has 0 aliphatic carbocycles. The van der Waals surface area contributed by atoms with Gasteiger partial charge in [0.15, 0.2) is 0 Å². The smallest absolute Gasteiger partial charge is 0.122 e. The molecule has 0 fully saturated rings. The number of aliphatic hydroxyl groups is 1. The summed E-state index contributed by atoms with van der Waals surface area (Å²) in [6.45, 7) is 2.02. The van der Waals surface area contributed by atoms with E-state index in [1.165, 1.54) is 0 Å². The molecule has 1 aromatic carbocycles. The van der Waals surface area contributed by atoms with Crippen molar-refractivity contribution in [2.24, 2.45) is 0 Å². The summed E-state index contributed by atoms with van der Waals surface area (Å²) in [7, 11) is 1.65. The molecular weight excluding hydrogens is 312 g/mol. The highest BCUT2D eigenvalue weighted by atomic mass is 79.9. The third-order valence-electron chi connectivity index (χ3n) is 2.86. The lowest BCUT2D eigenvalue weighted by Crippen LogP contribution is -2.03. The van der Waals surface area contributed by atoms with Crippen LogP contribution in [0, 0.1) is 6.92 Å². The Morgan fingerprint density at radius 3 is 2.78 bits per heavy atom. The molecule has 1 heterocycles. The summed E-state index contributed by atoms with van der Waals surface area (Å²) in [6.07, 6.45) is 0.0810. The normalized spacial score (nSPS) is 12.4. The van der Waals surface area contributed by atoms with Crippen molar-refractivity contribution in [2.75, 3.05) is 7.11 Å². The molecular formula is C14H15BrO2S. The number of methoxy groups -OCH3 is 1. The number of ether oxygens (including phenoxy) is 1. The van der Waals surface area contributed by atoms with Crippen molar-refractivity contribution in [2.45, 2.75) is 19.4 Å². The Morgan fingerprint density at radius 1 is 1.39 bits per heavy atom. The Labute approximate surface area is 119 Å². The highest BCUT2D eigenvalue weighted by molar-refractivity contribution is 9.10. The van der Waals surface area contributed by atoms with Gasteiger partial charge in [0.05, 0.1) is 13.2 Å². The fourth-order valence-electron chi connectivity index (χ4n) is 1.93. The van der Waals surface area contributed by atoms with E-state index < -0.39 is 6.10 Å². The summed E-state index contributed by atoms with van der Waals surface area (Å²) < 4.78 is 6.31. The molecule has 1 aromatic heterocycles. The van der Waals surface area contributed by atoms with Gasteiger partial charge in [-0.2, -0.15) is 0 Å². The maximum Gasteiger partial charge on any atom is 0.122 e. The van der Waals surface area contributed by atoms with Gasteiger partial charge in [0, 0.05) is 15.8 Å². The summed E-state index contributed by atoms with van der Waals surface area (Å²) in [5, 5.41) is 12.3. The molecule has 2 nitrogen and oxygen atoms in total. The molecule has 4 heteroatoms. The van der Waals surface area contributed by atoms with Crippen molar-refractivity contribution in [3.05, 3.63) is 50.1 Å². The SMILES string of the molecule is COc1ccc(Br)cc1CC(O)c1sccc1C. The van der Waals surface area contributed by atoms with E-state index in [4.69, 9.17) is 4.74 Å². The molecule has 2 aromatic rings. The third kappa shape index (κ3) is 2.94. The van der Waals surface area contributed by atoms with Crippen molar-refractivity contribution < 1.29 is 9.84 Å². The Bertz CT molecular complexity index is 536. The molecule has 96 valence electrons. The van der Waals surface area contributed by atoms with E-state index >= 15 is 0 Å². The molecule has 1 unspecified atom stereocenters. The van der Waals surface area contributed by atoms with E-state index in [1.54, 1.807) is 18.4 Å². The quantitative estimate of drug-likeness (QED) is 0.916. The lowest BCUT2D eigenvalue weighted by Gasteiger charge is -2.13. The van der Waals surface area contributed by atoms with Gasteiger partial charge in [0.25, 0.3) is 0 Å². The van der Waals surface area contributed by atoms with Crippen LogP contribution in [0.5, 0.6) is 5.75 Å². The highest BCUT2D eigenvalue weighted by Gasteiger charge is 2.15. The fraction of sp³-hybridized carbons (Fsp3) is 0.286. The minimum Gasteiger partial charge on any atom is -0.496 e. The van der Waals surface area contributed by atoms with Crippen LogP contribution in [-0.4, -0.2) is 12.2 Å². The predicted molar refractivity (Wildman–Crippen MR) is 78.4 cm³/mol. The molecule has 0 radical (unpaired) electrons. The monoisotopic (exact) mass is 326 g/mol. The zero-order chi connectivity index (χ0) is 13.1. The number of thiophene rings is 1. The average molecular weight is 327 g/mol. The van der Waals surface area contributed by atoms with E-state index in [1.807, 2.05) is 36.6 Å². The summed E-state index contributed by atoms with van der Waals surface area (Å²) in [4.78, 5) is 1.03. The summed E-state index contributed by atoms with van der Waals surface area (Å²) >= 11 is 5.04. The van der Waals surface area contributed by atoms with E-state index in [0.29, 0.717) is 6.42 Å². The van der Waals surface area contributed by atoms with Gasteiger partial charge in [-0.1, -0.05) is 15.9 Å². The summed E-state index contributed by atoms with van der Waals surface area (Å²) in [6, 6.07) is 7.87. The number of rotatable bonds is 4. The second-order valence-corrected chi connectivity index (χ2v) is 6.01. The second-order valence-electron chi connectivity index (χ2n) is 4.14. The van der Waals surface area contributed by atoms with Gasteiger partial charge in [-0.15, -0.1) is 11.3 Å². The van der Waals surface area contributed by atoms with Crippen LogP contribution < -0.4 is 4.74 Å². The van der Waals surface area contributed by atoms with Crippen molar-refractivity contribution in [3.63, 3.8) is 0 Å².